The molecule has 1 fully saturated rings. The number of nitrogens with zero attached hydrogens (tertiary/aromatic N) is 1. The molecule has 0 aromatic heterocycles. The average Bonchev–Trinajstić information content (AvgIpc) is 3.29. The number of hydrogen-bond acceptors (Lipinski definition) is 3. The molecule has 1 saturated carbocycles. The van der Waals surface area contributed by atoms with Gasteiger partial charge in [-0.15, -0.1) is 0 Å². The van der Waals surface area contributed by atoms with Crippen molar-refractivity contribution in [3.8, 4) is 0 Å². The van der Waals surface area contributed by atoms with Gasteiger partial charge in [0.1, 0.15) is 0 Å². The maximum Gasteiger partial charge on any atom is 0.270 e. The zero-order chi connectivity index (χ0) is 17.3. The summed E-state index contributed by atoms with van der Waals surface area (Å²) in [5, 5.41) is 14.1. The van der Waals surface area contributed by atoms with E-state index in [4.69, 9.17) is 11.6 Å². The molecule has 3 unspecified atom stereocenters. The van der Waals surface area contributed by atoms with E-state index in [9.17, 15) is 14.9 Å². The lowest BCUT2D eigenvalue weighted by molar-refractivity contribution is -0.384. The monoisotopic (exact) mass is 344 g/mol. The molecule has 5 nitrogen and oxygen atoms in total. The van der Waals surface area contributed by atoms with E-state index in [0.29, 0.717) is 11.8 Å². The third kappa shape index (κ3) is 3.41. The highest BCUT2D eigenvalue weighted by molar-refractivity contribution is 6.34. The van der Waals surface area contributed by atoms with Crippen LogP contribution in [0.4, 0.5) is 5.69 Å². The van der Waals surface area contributed by atoms with Crippen LogP contribution in [-0.2, 0) is 0 Å². The first-order chi connectivity index (χ1) is 11.5. The summed E-state index contributed by atoms with van der Waals surface area (Å²) < 4.78 is 0. The van der Waals surface area contributed by atoms with Gasteiger partial charge in [0.15, 0.2) is 0 Å². The Balaban J connectivity index is 1.87. The van der Waals surface area contributed by atoms with Gasteiger partial charge >= 0.3 is 0 Å². The highest BCUT2D eigenvalue weighted by Crippen LogP contribution is 2.47. The number of nitro benzene ring substituents is 1. The second-order valence-corrected chi connectivity index (χ2v) is 6.57. The van der Waals surface area contributed by atoms with E-state index in [2.05, 4.69) is 12.2 Å². The van der Waals surface area contributed by atoms with Crippen molar-refractivity contribution >= 4 is 23.2 Å². The standard InChI is InChI=1S/C18H17ClN2O3/c1-11-9-14(11)17(12-5-3-2-4-6-12)20-18(22)15-10-13(21(23)24)7-8-16(15)19/h2-8,10-11,14,17H,9H2,1H3,(H,20,22). The van der Waals surface area contributed by atoms with Crippen molar-refractivity contribution in [2.45, 2.75) is 19.4 Å². The van der Waals surface area contributed by atoms with Crippen molar-refractivity contribution in [1.82, 2.24) is 5.32 Å². The molecule has 0 bridgehead atoms. The predicted octanol–water partition coefficient (Wildman–Crippen LogP) is 4.38. The van der Waals surface area contributed by atoms with E-state index in [1.54, 1.807) is 0 Å². The van der Waals surface area contributed by atoms with Gasteiger partial charge in [-0.3, -0.25) is 14.9 Å². The molecule has 24 heavy (non-hydrogen) atoms. The average molecular weight is 345 g/mol. The van der Waals surface area contributed by atoms with Gasteiger partial charge in [0, 0.05) is 12.1 Å². The Hall–Kier alpha value is -2.40. The van der Waals surface area contributed by atoms with Crippen LogP contribution in [0.5, 0.6) is 0 Å². The minimum absolute atomic E-state index is 0.121. The van der Waals surface area contributed by atoms with Crippen LogP contribution < -0.4 is 5.32 Å². The molecule has 0 heterocycles. The van der Waals surface area contributed by atoms with Crippen molar-refractivity contribution in [1.29, 1.82) is 0 Å². The third-order valence-electron chi connectivity index (χ3n) is 4.45. The number of halogens is 1. The molecular weight excluding hydrogens is 328 g/mol. The molecule has 0 saturated heterocycles. The molecule has 0 aliphatic heterocycles. The fourth-order valence-electron chi connectivity index (χ4n) is 2.93. The summed E-state index contributed by atoms with van der Waals surface area (Å²) in [6.07, 6.45) is 1.04. The molecule has 1 N–H and O–H groups in total. The zero-order valence-electron chi connectivity index (χ0n) is 13.1. The molecule has 1 aliphatic carbocycles. The second kappa shape index (κ2) is 6.61. The van der Waals surface area contributed by atoms with Crippen molar-refractivity contribution in [3.05, 3.63) is 74.8 Å². The fourth-order valence-corrected chi connectivity index (χ4v) is 3.14. The summed E-state index contributed by atoms with van der Waals surface area (Å²) in [4.78, 5) is 23.0. The SMILES string of the molecule is CC1CC1C(NC(=O)c1cc([N+](=O)[O-])ccc1Cl)c1ccccc1. The minimum Gasteiger partial charge on any atom is -0.345 e. The van der Waals surface area contributed by atoms with Crippen LogP contribution in [0.25, 0.3) is 0 Å². The van der Waals surface area contributed by atoms with Gasteiger partial charge in [-0.2, -0.15) is 0 Å². The van der Waals surface area contributed by atoms with Gasteiger partial charge in [-0.05, 0) is 29.9 Å². The normalized spacial score (nSPS) is 20.2. The molecule has 3 atom stereocenters. The van der Waals surface area contributed by atoms with Gasteiger partial charge in [0.2, 0.25) is 0 Å². The van der Waals surface area contributed by atoms with Crippen LogP contribution in [0.15, 0.2) is 48.5 Å². The van der Waals surface area contributed by atoms with Crippen molar-refractivity contribution < 1.29 is 9.72 Å². The van der Waals surface area contributed by atoms with Crippen molar-refractivity contribution in [3.63, 3.8) is 0 Å². The predicted molar refractivity (Wildman–Crippen MR) is 92.0 cm³/mol. The largest absolute Gasteiger partial charge is 0.345 e. The van der Waals surface area contributed by atoms with Crippen LogP contribution in [0.2, 0.25) is 5.02 Å². The number of non-ortho nitro benzene ring substituents is 1. The first-order valence-corrected chi connectivity index (χ1v) is 8.15. The number of rotatable bonds is 5. The maximum absolute atomic E-state index is 12.6. The van der Waals surface area contributed by atoms with Crippen LogP contribution in [0, 0.1) is 22.0 Å². The number of carbonyl (C=O) groups is 1. The first-order valence-electron chi connectivity index (χ1n) is 7.77. The topological polar surface area (TPSA) is 72.2 Å². The molecular formula is C18H17ClN2O3. The Morgan fingerprint density at radius 2 is 1.96 bits per heavy atom. The van der Waals surface area contributed by atoms with E-state index >= 15 is 0 Å². The molecule has 124 valence electrons. The molecule has 2 aromatic rings. The van der Waals surface area contributed by atoms with Crippen molar-refractivity contribution in [2.24, 2.45) is 11.8 Å². The third-order valence-corrected chi connectivity index (χ3v) is 4.78. The number of carbonyl (C=O) groups excluding carboxylic acids is 1. The van der Waals surface area contributed by atoms with Gasteiger partial charge in [0.25, 0.3) is 11.6 Å². The van der Waals surface area contributed by atoms with E-state index in [0.717, 1.165) is 12.0 Å². The molecule has 3 rings (SSSR count). The quantitative estimate of drug-likeness (QED) is 0.646. The first kappa shape index (κ1) is 16.5. The number of hydrogen-bond donors (Lipinski definition) is 1. The Morgan fingerprint density at radius 1 is 1.29 bits per heavy atom. The summed E-state index contributed by atoms with van der Waals surface area (Å²) in [7, 11) is 0. The van der Waals surface area contributed by atoms with Crippen LogP contribution in [-0.4, -0.2) is 10.8 Å². The van der Waals surface area contributed by atoms with Crippen LogP contribution >= 0.6 is 11.6 Å². The Morgan fingerprint density at radius 3 is 2.54 bits per heavy atom. The molecule has 0 spiro atoms. The minimum atomic E-state index is -0.537. The lowest BCUT2D eigenvalue weighted by Crippen LogP contribution is -2.30. The lowest BCUT2D eigenvalue weighted by atomic mass is 10.0. The summed E-state index contributed by atoms with van der Waals surface area (Å²) in [6.45, 7) is 2.15. The zero-order valence-corrected chi connectivity index (χ0v) is 13.9. The Bertz CT molecular complexity index is 779. The molecule has 2 aromatic carbocycles. The molecule has 0 radical (unpaired) electrons. The van der Waals surface area contributed by atoms with Gasteiger partial charge < -0.3 is 5.32 Å². The van der Waals surface area contributed by atoms with Gasteiger partial charge in [-0.25, -0.2) is 0 Å². The fraction of sp³-hybridized carbons (Fsp3) is 0.278. The van der Waals surface area contributed by atoms with Crippen molar-refractivity contribution in [2.75, 3.05) is 0 Å². The van der Waals surface area contributed by atoms with Gasteiger partial charge in [-0.1, -0.05) is 48.9 Å². The Kier molecular flexibility index (Phi) is 4.53. The number of nitro groups is 1. The summed E-state index contributed by atoms with van der Waals surface area (Å²) >= 11 is 6.07. The maximum atomic E-state index is 12.6. The summed E-state index contributed by atoms with van der Waals surface area (Å²) in [5.74, 6) is 0.515. The molecule has 1 amide bonds. The number of benzene rings is 2. The summed E-state index contributed by atoms with van der Waals surface area (Å²) in [5.41, 5.74) is 1.00. The number of amides is 1. The highest BCUT2D eigenvalue weighted by Gasteiger charge is 2.41. The Labute approximate surface area is 144 Å². The second-order valence-electron chi connectivity index (χ2n) is 6.16. The van der Waals surface area contributed by atoms with E-state index in [-0.39, 0.29) is 22.3 Å². The summed E-state index contributed by atoms with van der Waals surface area (Å²) in [6, 6.07) is 13.5. The van der Waals surface area contributed by atoms with E-state index in [1.165, 1.54) is 18.2 Å². The van der Waals surface area contributed by atoms with Crippen LogP contribution in [0.1, 0.15) is 35.3 Å². The van der Waals surface area contributed by atoms with E-state index < -0.39 is 10.8 Å². The van der Waals surface area contributed by atoms with E-state index in [1.807, 2.05) is 30.3 Å². The highest BCUT2D eigenvalue weighted by atomic mass is 35.5. The lowest BCUT2D eigenvalue weighted by Gasteiger charge is -2.19. The van der Waals surface area contributed by atoms with Gasteiger partial charge in [0.05, 0.1) is 21.6 Å². The molecule has 6 heteroatoms. The van der Waals surface area contributed by atoms with Crippen LogP contribution in [0.3, 0.4) is 0 Å². The smallest absolute Gasteiger partial charge is 0.270 e. The number of nitrogens with one attached hydrogen (secondary N) is 1. The molecule has 1 aliphatic rings.